The number of nitrogens with two attached hydrogens (primary N) is 1. The van der Waals surface area contributed by atoms with E-state index in [0.29, 0.717) is 12.5 Å². The van der Waals surface area contributed by atoms with E-state index in [1.165, 1.54) is 11.1 Å². The van der Waals surface area contributed by atoms with E-state index < -0.39 is 0 Å². The van der Waals surface area contributed by atoms with Gasteiger partial charge in [-0.25, -0.2) is 0 Å². The van der Waals surface area contributed by atoms with Crippen LogP contribution in [0.1, 0.15) is 43.9 Å². The molecule has 1 atom stereocenters. The van der Waals surface area contributed by atoms with E-state index in [-0.39, 0.29) is 12.6 Å². The van der Waals surface area contributed by atoms with Gasteiger partial charge in [0.25, 0.3) is 0 Å². The molecule has 0 aliphatic rings. The summed E-state index contributed by atoms with van der Waals surface area (Å²) in [7, 11) is 0. The first-order valence-electron chi connectivity index (χ1n) is 7.30. The monoisotopic (exact) mass is 264 g/mol. The molecule has 3 heteroatoms. The molecule has 1 aromatic rings. The number of aliphatic hydroxyl groups is 1. The maximum Gasteiger partial charge on any atom is 0.0444 e. The molecule has 3 nitrogen and oxygen atoms in total. The lowest BCUT2D eigenvalue weighted by Crippen LogP contribution is -2.29. The van der Waals surface area contributed by atoms with Crippen molar-refractivity contribution in [2.45, 2.75) is 39.2 Å². The van der Waals surface area contributed by atoms with Gasteiger partial charge in [-0.1, -0.05) is 38.1 Å². The highest BCUT2D eigenvalue weighted by Gasteiger charge is 2.08. The summed E-state index contributed by atoms with van der Waals surface area (Å²) in [5, 5.41) is 12.2. The van der Waals surface area contributed by atoms with Crippen molar-refractivity contribution in [1.29, 1.82) is 0 Å². The quantitative estimate of drug-likeness (QED) is 0.600. The van der Waals surface area contributed by atoms with Crippen molar-refractivity contribution < 1.29 is 5.11 Å². The van der Waals surface area contributed by atoms with Gasteiger partial charge in [0, 0.05) is 19.2 Å². The molecule has 1 aromatic carbocycles. The van der Waals surface area contributed by atoms with Gasteiger partial charge in [-0.2, -0.15) is 0 Å². The summed E-state index contributed by atoms with van der Waals surface area (Å²) in [6.45, 7) is 6.23. The molecule has 0 heterocycles. The summed E-state index contributed by atoms with van der Waals surface area (Å²) in [6, 6.07) is 8.97. The molecule has 0 amide bonds. The summed E-state index contributed by atoms with van der Waals surface area (Å²) < 4.78 is 0. The van der Waals surface area contributed by atoms with Crippen LogP contribution in [0.25, 0.3) is 0 Å². The number of rotatable bonds is 9. The van der Waals surface area contributed by atoms with E-state index in [0.717, 1.165) is 25.8 Å². The minimum atomic E-state index is 0.215. The number of nitrogens with one attached hydrogen (secondary N) is 1. The van der Waals surface area contributed by atoms with Gasteiger partial charge in [-0.15, -0.1) is 0 Å². The zero-order chi connectivity index (χ0) is 14.1. The van der Waals surface area contributed by atoms with Crippen molar-refractivity contribution in [1.82, 2.24) is 5.32 Å². The molecule has 0 aliphatic carbocycles. The molecular weight excluding hydrogens is 236 g/mol. The van der Waals surface area contributed by atoms with Gasteiger partial charge < -0.3 is 16.2 Å². The molecule has 0 spiro atoms. The fourth-order valence-corrected chi connectivity index (χ4v) is 2.21. The number of benzene rings is 1. The van der Waals surface area contributed by atoms with Crippen LogP contribution < -0.4 is 11.1 Å². The standard InChI is InChI=1S/C16H28N2O/c1-13(2)11-14-5-7-15(8-6-14)16(12-17)18-9-3-4-10-19/h5-8,13,16,18-19H,3-4,9-12,17H2,1-2H3. The van der Waals surface area contributed by atoms with E-state index in [9.17, 15) is 0 Å². The van der Waals surface area contributed by atoms with Crippen LogP contribution in [0.3, 0.4) is 0 Å². The van der Waals surface area contributed by atoms with Crippen LogP contribution in [0.5, 0.6) is 0 Å². The molecule has 4 N–H and O–H groups in total. The lowest BCUT2D eigenvalue weighted by molar-refractivity contribution is 0.282. The maximum atomic E-state index is 8.76. The smallest absolute Gasteiger partial charge is 0.0444 e. The molecule has 0 fully saturated rings. The second kappa shape index (κ2) is 9.08. The number of hydrogen-bond donors (Lipinski definition) is 3. The minimum absolute atomic E-state index is 0.215. The zero-order valence-corrected chi connectivity index (χ0v) is 12.2. The largest absolute Gasteiger partial charge is 0.396 e. The van der Waals surface area contributed by atoms with Gasteiger partial charge in [0.1, 0.15) is 0 Å². The Labute approximate surface area is 117 Å². The first-order valence-corrected chi connectivity index (χ1v) is 7.30. The van der Waals surface area contributed by atoms with Gasteiger partial charge in [0.2, 0.25) is 0 Å². The molecule has 108 valence electrons. The number of hydrogen-bond acceptors (Lipinski definition) is 3. The Hall–Kier alpha value is -0.900. The van der Waals surface area contributed by atoms with Gasteiger partial charge in [-0.05, 0) is 42.9 Å². The molecular formula is C16H28N2O. The Kier molecular flexibility index (Phi) is 7.72. The Balaban J connectivity index is 2.51. The molecule has 0 saturated heterocycles. The van der Waals surface area contributed by atoms with Crippen molar-refractivity contribution in [3.05, 3.63) is 35.4 Å². The Morgan fingerprint density at radius 2 is 1.84 bits per heavy atom. The first-order chi connectivity index (χ1) is 9.17. The zero-order valence-electron chi connectivity index (χ0n) is 12.2. The second-order valence-electron chi connectivity index (χ2n) is 5.51. The topological polar surface area (TPSA) is 58.3 Å². The normalized spacial score (nSPS) is 12.9. The van der Waals surface area contributed by atoms with Crippen LogP contribution in [-0.4, -0.2) is 24.8 Å². The maximum absolute atomic E-state index is 8.76. The second-order valence-corrected chi connectivity index (χ2v) is 5.51. The average molecular weight is 264 g/mol. The highest BCUT2D eigenvalue weighted by molar-refractivity contribution is 5.25. The third-order valence-corrected chi connectivity index (χ3v) is 3.24. The molecule has 1 rings (SSSR count). The Morgan fingerprint density at radius 1 is 1.16 bits per heavy atom. The summed E-state index contributed by atoms with van der Waals surface area (Å²) in [5.74, 6) is 0.688. The van der Waals surface area contributed by atoms with Gasteiger partial charge in [-0.3, -0.25) is 0 Å². The molecule has 0 radical (unpaired) electrons. The highest BCUT2D eigenvalue weighted by atomic mass is 16.2. The van der Waals surface area contributed by atoms with E-state index in [1.807, 2.05) is 0 Å². The predicted molar refractivity (Wildman–Crippen MR) is 81.1 cm³/mol. The van der Waals surface area contributed by atoms with Crippen LogP contribution in [-0.2, 0) is 6.42 Å². The molecule has 0 aromatic heterocycles. The van der Waals surface area contributed by atoms with Gasteiger partial charge in [0.05, 0.1) is 0 Å². The fourth-order valence-electron chi connectivity index (χ4n) is 2.21. The van der Waals surface area contributed by atoms with E-state index in [4.69, 9.17) is 10.8 Å². The fraction of sp³-hybridized carbons (Fsp3) is 0.625. The minimum Gasteiger partial charge on any atom is -0.396 e. The van der Waals surface area contributed by atoms with Crippen molar-refractivity contribution in [2.75, 3.05) is 19.7 Å². The van der Waals surface area contributed by atoms with Crippen LogP contribution in [0.2, 0.25) is 0 Å². The van der Waals surface area contributed by atoms with Crippen LogP contribution in [0, 0.1) is 5.92 Å². The molecule has 19 heavy (non-hydrogen) atoms. The van der Waals surface area contributed by atoms with E-state index >= 15 is 0 Å². The van der Waals surface area contributed by atoms with Crippen LogP contribution >= 0.6 is 0 Å². The number of aliphatic hydroxyl groups excluding tert-OH is 1. The lowest BCUT2D eigenvalue weighted by Gasteiger charge is -2.18. The lowest BCUT2D eigenvalue weighted by atomic mass is 9.99. The SMILES string of the molecule is CC(C)Cc1ccc(C(CN)NCCCCO)cc1. The molecule has 1 unspecified atom stereocenters. The van der Waals surface area contributed by atoms with Crippen LogP contribution in [0.15, 0.2) is 24.3 Å². The van der Waals surface area contributed by atoms with E-state index in [1.54, 1.807) is 0 Å². The van der Waals surface area contributed by atoms with Gasteiger partial charge in [0.15, 0.2) is 0 Å². The third-order valence-electron chi connectivity index (χ3n) is 3.24. The van der Waals surface area contributed by atoms with E-state index in [2.05, 4.69) is 43.4 Å². The molecule has 0 aliphatic heterocycles. The average Bonchev–Trinajstić information content (AvgIpc) is 2.40. The third kappa shape index (κ3) is 6.19. The summed E-state index contributed by atoms with van der Waals surface area (Å²) in [5.41, 5.74) is 8.46. The molecule has 0 bridgehead atoms. The summed E-state index contributed by atoms with van der Waals surface area (Å²) in [6.07, 6.45) is 2.95. The Morgan fingerprint density at radius 3 is 2.37 bits per heavy atom. The summed E-state index contributed by atoms with van der Waals surface area (Å²) >= 11 is 0. The predicted octanol–water partition coefficient (Wildman–Crippen LogP) is 2.25. The van der Waals surface area contributed by atoms with Crippen molar-refractivity contribution in [3.8, 4) is 0 Å². The van der Waals surface area contributed by atoms with Crippen LogP contribution in [0.4, 0.5) is 0 Å². The van der Waals surface area contributed by atoms with Crippen molar-refractivity contribution in [3.63, 3.8) is 0 Å². The highest BCUT2D eigenvalue weighted by Crippen LogP contribution is 2.15. The Bertz CT molecular complexity index is 335. The number of unbranched alkanes of at least 4 members (excludes halogenated alkanes) is 1. The van der Waals surface area contributed by atoms with Crippen molar-refractivity contribution >= 4 is 0 Å². The first kappa shape index (κ1) is 16.2. The molecule has 0 saturated carbocycles. The van der Waals surface area contributed by atoms with Gasteiger partial charge >= 0.3 is 0 Å². The summed E-state index contributed by atoms with van der Waals surface area (Å²) in [4.78, 5) is 0. The van der Waals surface area contributed by atoms with Crippen molar-refractivity contribution in [2.24, 2.45) is 11.7 Å².